The molecule has 0 saturated carbocycles. The fraction of sp³-hybridized carbons (Fsp3) is 0.208. The molecule has 150 valence electrons. The number of esters is 1. The lowest BCUT2D eigenvalue weighted by atomic mass is 10.0. The lowest BCUT2D eigenvalue weighted by Gasteiger charge is -2.22. The topological polar surface area (TPSA) is 67.9 Å². The molecule has 5 nitrogen and oxygen atoms in total. The van der Waals surface area contributed by atoms with E-state index < -0.39 is 4.75 Å². The van der Waals surface area contributed by atoms with E-state index in [2.05, 4.69) is 10.6 Å². The second-order valence-corrected chi connectivity index (χ2v) is 8.93. The van der Waals surface area contributed by atoms with Crippen LogP contribution in [0.15, 0.2) is 65.8 Å². The first-order valence-electron chi connectivity index (χ1n) is 9.72. The fourth-order valence-electron chi connectivity index (χ4n) is 3.46. The lowest BCUT2D eigenvalue weighted by Crippen LogP contribution is -2.30. The first kappa shape index (κ1) is 20.0. The molecule has 0 saturated heterocycles. The van der Waals surface area contributed by atoms with Gasteiger partial charge < -0.3 is 4.74 Å². The summed E-state index contributed by atoms with van der Waals surface area (Å²) < 4.78 is 6.52. The number of carbonyl (C=O) groups is 1. The summed E-state index contributed by atoms with van der Waals surface area (Å²) in [4.78, 5) is 17.3. The third-order valence-electron chi connectivity index (χ3n) is 4.91. The zero-order valence-corrected chi connectivity index (χ0v) is 17.9. The molecule has 0 fully saturated rings. The number of hydrogen-bond acceptors (Lipinski definition) is 5. The van der Waals surface area contributed by atoms with Gasteiger partial charge in [-0.25, -0.2) is 4.98 Å². The summed E-state index contributed by atoms with van der Waals surface area (Å²) >= 11 is 1.37. The Morgan fingerprint density at radius 3 is 2.53 bits per heavy atom. The fourth-order valence-corrected chi connectivity index (χ4v) is 4.49. The molecular formula is C24H21N3O2S. The van der Waals surface area contributed by atoms with Crippen LogP contribution in [0, 0.1) is 11.3 Å². The largest absolute Gasteiger partial charge is 0.465 e. The van der Waals surface area contributed by atoms with Crippen LogP contribution in [0.4, 0.5) is 0 Å². The number of ether oxygens (including phenoxy) is 1. The number of nitriles is 1. The van der Waals surface area contributed by atoms with E-state index in [1.54, 1.807) is 6.92 Å². The number of hydrogen-bond donors (Lipinski definition) is 0. The predicted molar refractivity (Wildman–Crippen MR) is 120 cm³/mol. The Bertz CT molecular complexity index is 1300. The summed E-state index contributed by atoms with van der Waals surface area (Å²) in [7, 11) is 0. The Morgan fingerprint density at radius 2 is 1.80 bits per heavy atom. The van der Waals surface area contributed by atoms with Crippen molar-refractivity contribution in [1.29, 1.82) is 5.26 Å². The second kappa shape index (κ2) is 7.85. The van der Waals surface area contributed by atoms with Crippen LogP contribution in [0.2, 0.25) is 0 Å². The smallest absolute Gasteiger partial charge is 0.322 e. The van der Waals surface area contributed by atoms with Crippen molar-refractivity contribution >= 4 is 39.5 Å². The molecule has 1 aromatic heterocycles. The first-order valence-corrected chi connectivity index (χ1v) is 10.5. The maximum atomic E-state index is 12.5. The van der Waals surface area contributed by atoms with Crippen LogP contribution in [-0.2, 0) is 9.53 Å². The van der Waals surface area contributed by atoms with Gasteiger partial charge in [0.25, 0.3) is 0 Å². The number of fused-ring (bicyclic) bond motifs is 2. The van der Waals surface area contributed by atoms with Gasteiger partial charge in [-0.15, -0.1) is 0 Å². The first-order chi connectivity index (χ1) is 14.5. The van der Waals surface area contributed by atoms with Crippen LogP contribution in [-0.4, -0.2) is 26.9 Å². The molecule has 6 heteroatoms. The van der Waals surface area contributed by atoms with Crippen molar-refractivity contribution in [1.82, 2.24) is 9.55 Å². The van der Waals surface area contributed by atoms with Gasteiger partial charge in [0, 0.05) is 10.8 Å². The zero-order chi connectivity index (χ0) is 21.3. The molecule has 0 atom stereocenters. The van der Waals surface area contributed by atoms with E-state index in [1.807, 2.05) is 74.5 Å². The molecule has 4 aromatic rings. The van der Waals surface area contributed by atoms with Crippen molar-refractivity contribution in [3.8, 4) is 11.8 Å². The van der Waals surface area contributed by atoms with E-state index in [1.165, 1.54) is 11.8 Å². The number of thioether (sulfide) groups is 1. The molecule has 0 unspecified atom stereocenters. The number of rotatable bonds is 5. The van der Waals surface area contributed by atoms with Crippen LogP contribution in [0.1, 0.15) is 26.3 Å². The number of benzene rings is 3. The minimum Gasteiger partial charge on any atom is -0.465 e. The summed E-state index contributed by atoms with van der Waals surface area (Å²) in [6.45, 7) is 5.82. The SMILES string of the molecule is CCOC(=O)C(C)(C)Sc1nc2ccccc2n1-c1ccc(C#N)c2ccccc12. The van der Waals surface area contributed by atoms with Gasteiger partial charge in [0.1, 0.15) is 4.75 Å². The highest BCUT2D eigenvalue weighted by molar-refractivity contribution is 8.01. The number of para-hydroxylation sites is 2. The minimum atomic E-state index is -0.808. The van der Waals surface area contributed by atoms with Gasteiger partial charge in [-0.05, 0) is 45.0 Å². The van der Waals surface area contributed by atoms with Gasteiger partial charge in [0.2, 0.25) is 0 Å². The Labute approximate surface area is 179 Å². The van der Waals surface area contributed by atoms with Gasteiger partial charge in [0.05, 0.1) is 35.0 Å². The van der Waals surface area contributed by atoms with Gasteiger partial charge in [-0.2, -0.15) is 5.26 Å². The molecule has 30 heavy (non-hydrogen) atoms. The van der Waals surface area contributed by atoms with Crippen molar-refractivity contribution in [3.63, 3.8) is 0 Å². The van der Waals surface area contributed by atoms with Crippen LogP contribution in [0.5, 0.6) is 0 Å². The van der Waals surface area contributed by atoms with E-state index in [0.29, 0.717) is 17.3 Å². The van der Waals surface area contributed by atoms with Crippen molar-refractivity contribution in [3.05, 3.63) is 66.2 Å². The number of carbonyl (C=O) groups excluding carboxylic acids is 1. The Morgan fingerprint density at radius 1 is 1.10 bits per heavy atom. The van der Waals surface area contributed by atoms with E-state index >= 15 is 0 Å². The molecule has 3 aromatic carbocycles. The Kier molecular flexibility index (Phi) is 5.23. The Hall–Kier alpha value is -3.30. The van der Waals surface area contributed by atoms with Crippen LogP contribution >= 0.6 is 11.8 Å². The molecule has 0 spiro atoms. The highest BCUT2D eigenvalue weighted by atomic mass is 32.2. The number of nitrogens with zero attached hydrogens (tertiary/aromatic N) is 3. The average Bonchev–Trinajstić information content (AvgIpc) is 3.10. The van der Waals surface area contributed by atoms with Crippen molar-refractivity contribution in [2.75, 3.05) is 6.61 Å². The maximum Gasteiger partial charge on any atom is 0.322 e. The van der Waals surface area contributed by atoms with Crippen molar-refractivity contribution in [2.24, 2.45) is 0 Å². The van der Waals surface area contributed by atoms with Gasteiger partial charge in [0.15, 0.2) is 5.16 Å². The third-order valence-corrected chi connectivity index (χ3v) is 6.04. The second-order valence-electron chi connectivity index (χ2n) is 7.34. The quantitative estimate of drug-likeness (QED) is 0.319. The normalized spacial score (nSPS) is 11.5. The molecule has 0 amide bonds. The van der Waals surface area contributed by atoms with E-state index in [-0.39, 0.29) is 5.97 Å². The summed E-state index contributed by atoms with van der Waals surface area (Å²) in [5, 5.41) is 12.1. The molecular weight excluding hydrogens is 394 g/mol. The molecule has 0 bridgehead atoms. The zero-order valence-electron chi connectivity index (χ0n) is 17.0. The van der Waals surface area contributed by atoms with Gasteiger partial charge >= 0.3 is 5.97 Å². The summed E-state index contributed by atoms with van der Waals surface area (Å²) in [6, 6.07) is 21.8. The summed E-state index contributed by atoms with van der Waals surface area (Å²) in [6.07, 6.45) is 0. The molecule has 0 aliphatic carbocycles. The third kappa shape index (κ3) is 3.42. The minimum absolute atomic E-state index is 0.279. The lowest BCUT2D eigenvalue weighted by molar-refractivity contribution is -0.145. The predicted octanol–water partition coefficient (Wildman–Crippen LogP) is 5.48. The van der Waals surface area contributed by atoms with Crippen molar-refractivity contribution < 1.29 is 9.53 Å². The van der Waals surface area contributed by atoms with Crippen LogP contribution in [0.3, 0.4) is 0 Å². The summed E-state index contributed by atoms with van der Waals surface area (Å²) in [5.74, 6) is -0.279. The maximum absolute atomic E-state index is 12.5. The summed E-state index contributed by atoms with van der Waals surface area (Å²) in [5.41, 5.74) is 3.32. The van der Waals surface area contributed by atoms with E-state index in [9.17, 15) is 10.1 Å². The standard InChI is InChI=1S/C24H21N3O2S/c1-4-29-22(28)24(2,3)30-23-26-19-11-7-8-12-21(19)27(23)20-14-13-16(15-25)17-9-5-6-10-18(17)20/h5-14H,4H2,1-3H3. The van der Waals surface area contributed by atoms with E-state index in [0.717, 1.165) is 27.5 Å². The van der Waals surface area contributed by atoms with E-state index in [4.69, 9.17) is 9.72 Å². The van der Waals surface area contributed by atoms with Crippen LogP contribution < -0.4 is 0 Å². The Balaban J connectivity index is 1.96. The van der Waals surface area contributed by atoms with Gasteiger partial charge in [-0.3, -0.25) is 9.36 Å². The molecule has 0 aliphatic heterocycles. The monoisotopic (exact) mass is 415 g/mol. The molecule has 1 heterocycles. The van der Waals surface area contributed by atoms with Crippen molar-refractivity contribution in [2.45, 2.75) is 30.7 Å². The molecule has 0 radical (unpaired) electrons. The average molecular weight is 416 g/mol. The number of aromatic nitrogens is 2. The number of imidazole rings is 1. The van der Waals surface area contributed by atoms with Gasteiger partial charge in [-0.1, -0.05) is 48.2 Å². The highest BCUT2D eigenvalue weighted by Gasteiger charge is 2.33. The van der Waals surface area contributed by atoms with Crippen LogP contribution in [0.25, 0.3) is 27.5 Å². The molecule has 4 rings (SSSR count). The molecule has 0 N–H and O–H groups in total. The molecule has 0 aliphatic rings. The highest BCUT2D eigenvalue weighted by Crippen LogP contribution is 2.38.